The molecule has 22 heavy (non-hydrogen) atoms. The molecule has 0 aromatic heterocycles. The Bertz CT molecular complexity index is 476. The maximum atomic E-state index is 2.60. The number of nitrogens with zero attached hydrogens (tertiary/aromatic N) is 2. The van der Waals surface area contributed by atoms with Gasteiger partial charge in [-0.1, -0.05) is 74.5 Å². The Morgan fingerprint density at radius 1 is 0.682 bits per heavy atom. The number of piperazine rings is 1. The lowest BCUT2D eigenvalue weighted by molar-refractivity contribution is 0.127. The molecule has 1 fully saturated rings. The summed E-state index contributed by atoms with van der Waals surface area (Å²) in [5, 5.41) is 0. The van der Waals surface area contributed by atoms with Gasteiger partial charge in [-0.3, -0.25) is 4.90 Å². The molecule has 1 aliphatic rings. The molecule has 0 spiro atoms. The average molecular weight is 296 g/mol. The van der Waals surface area contributed by atoms with Gasteiger partial charge >= 0.3 is 0 Å². The lowest BCUT2D eigenvalue weighted by atomic mass is 9.96. The van der Waals surface area contributed by atoms with Gasteiger partial charge in [0.05, 0.1) is 6.04 Å². The van der Waals surface area contributed by atoms with Gasteiger partial charge in [0.2, 0.25) is 0 Å². The van der Waals surface area contributed by atoms with Gasteiger partial charge in [0.1, 0.15) is 0 Å². The lowest BCUT2D eigenvalue weighted by Crippen LogP contribution is -2.46. The molecule has 3 rings (SSSR count). The highest BCUT2D eigenvalue weighted by molar-refractivity contribution is 5.31. The van der Waals surface area contributed by atoms with Crippen molar-refractivity contribution in [1.82, 2.24) is 9.80 Å². The highest BCUT2D eigenvalue weighted by Gasteiger charge is 2.24. The molecule has 0 amide bonds. The summed E-state index contributed by atoms with van der Waals surface area (Å²) >= 11 is 0. The van der Waals surface area contributed by atoms with E-state index in [0.29, 0.717) is 6.04 Å². The molecule has 0 radical (unpaired) electrons. The zero-order chi connectivity index (χ0) is 15.8. The lowest BCUT2D eigenvalue weighted by Gasteiger charge is -2.38. The molecule has 0 bridgehead atoms. The van der Waals surface area contributed by atoms with Crippen molar-refractivity contribution in [3.05, 3.63) is 71.8 Å². The van der Waals surface area contributed by atoms with Crippen molar-refractivity contribution in [3.63, 3.8) is 0 Å². The van der Waals surface area contributed by atoms with Crippen LogP contribution in [0.1, 0.15) is 31.0 Å². The number of hydrogen-bond acceptors (Lipinski definition) is 2. The Morgan fingerprint density at radius 3 is 1.50 bits per heavy atom. The first-order valence-corrected chi connectivity index (χ1v) is 8.37. The zero-order valence-electron chi connectivity index (χ0n) is 14.1. The van der Waals surface area contributed by atoms with Gasteiger partial charge in [0, 0.05) is 26.2 Å². The molecule has 0 saturated carbocycles. The van der Waals surface area contributed by atoms with Crippen molar-refractivity contribution in [3.8, 4) is 0 Å². The van der Waals surface area contributed by atoms with Crippen LogP contribution in [0.4, 0.5) is 0 Å². The Hall–Kier alpha value is -1.64. The summed E-state index contributed by atoms with van der Waals surface area (Å²) in [6, 6.07) is 22.1. The fourth-order valence-corrected chi connectivity index (χ4v) is 2.96. The van der Waals surface area contributed by atoms with Gasteiger partial charge in [-0.05, 0) is 18.2 Å². The monoisotopic (exact) mass is 296 g/mol. The predicted molar refractivity (Wildman–Crippen MR) is 95.1 cm³/mol. The van der Waals surface area contributed by atoms with Crippen molar-refractivity contribution < 1.29 is 0 Å². The molecule has 1 saturated heterocycles. The molecule has 1 heterocycles. The maximum absolute atomic E-state index is 2.60. The maximum Gasteiger partial charge on any atom is 0.0602 e. The van der Waals surface area contributed by atoms with Crippen molar-refractivity contribution in [2.75, 3.05) is 33.2 Å². The Kier molecular flexibility index (Phi) is 6.63. The van der Waals surface area contributed by atoms with Gasteiger partial charge in [-0.2, -0.15) is 0 Å². The molecule has 2 aromatic rings. The Morgan fingerprint density at radius 2 is 1.09 bits per heavy atom. The highest BCUT2D eigenvalue weighted by atomic mass is 15.3. The molecule has 0 unspecified atom stereocenters. The number of hydrogen-bond donors (Lipinski definition) is 0. The van der Waals surface area contributed by atoms with Crippen molar-refractivity contribution in [2.24, 2.45) is 0 Å². The molecular formula is C20H28N2. The van der Waals surface area contributed by atoms with Crippen LogP contribution in [0.2, 0.25) is 0 Å². The number of rotatable bonds is 3. The SMILES string of the molecule is CC.CN1CCN(C(c2ccccc2)c2ccccc2)CC1. The summed E-state index contributed by atoms with van der Waals surface area (Å²) in [7, 11) is 2.21. The van der Waals surface area contributed by atoms with Crippen LogP contribution < -0.4 is 0 Å². The molecule has 2 heteroatoms. The van der Waals surface area contributed by atoms with Crippen LogP contribution in [0, 0.1) is 0 Å². The minimum atomic E-state index is 0.381. The summed E-state index contributed by atoms with van der Waals surface area (Å²) in [5.74, 6) is 0. The third-order valence-corrected chi connectivity index (χ3v) is 4.13. The van der Waals surface area contributed by atoms with Crippen LogP contribution >= 0.6 is 0 Å². The molecule has 118 valence electrons. The van der Waals surface area contributed by atoms with E-state index in [-0.39, 0.29) is 0 Å². The van der Waals surface area contributed by atoms with Gasteiger partial charge in [-0.25, -0.2) is 0 Å². The summed E-state index contributed by atoms with van der Waals surface area (Å²) in [6.07, 6.45) is 0. The number of likely N-dealkylation sites (N-methyl/N-ethyl adjacent to an activating group) is 1. The molecule has 2 aromatic carbocycles. The fourth-order valence-electron chi connectivity index (χ4n) is 2.96. The quantitative estimate of drug-likeness (QED) is 0.843. The minimum Gasteiger partial charge on any atom is -0.304 e. The average Bonchev–Trinajstić information content (AvgIpc) is 2.61. The van der Waals surface area contributed by atoms with Crippen LogP contribution in [0.15, 0.2) is 60.7 Å². The predicted octanol–water partition coefficient (Wildman–Crippen LogP) is 4.05. The Balaban J connectivity index is 0.000000847. The minimum absolute atomic E-state index is 0.381. The van der Waals surface area contributed by atoms with E-state index in [9.17, 15) is 0 Å². The topological polar surface area (TPSA) is 6.48 Å². The van der Waals surface area contributed by atoms with Crippen LogP contribution in [0.3, 0.4) is 0 Å². The van der Waals surface area contributed by atoms with E-state index in [2.05, 4.69) is 77.5 Å². The molecular weight excluding hydrogens is 268 g/mol. The molecule has 1 aliphatic heterocycles. The van der Waals surface area contributed by atoms with Gasteiger partial charge < -0.3 is 4.90 Å². The van der Waals surface area contributed by atoms with Gasteiger partial charge in [0.25, 0.3) is 0 Å². The first-order chi connectivity index (χ1) is 10.8. The van der Waals surface area contributed by atoms with Crippen LogP contribution in [0.25, 0.3) is 0 Å². The van der Waals surface area contributed by atoms with E-state index in [1.54, 1.807) is 0 Å². The van der Waals surface area contributed by atoms with E-state index in [1.165, 1.54) is 11.1 Å². The first-order valence-electron chi connectivity index (χ1n) is 8.37. The third kappa shape index (κ3) is 4.19. The molecule has 0 aliphatic carbocycles. The van der Waals surface area contributed by atoms with E-state index < -0.39 is 0 Å². The second-order valence-electron chi connectivity index (χ2n) is 5.56. The normalized spacial score (nSPS) is 16.2. The van der Waals surface area contributed by atoms with Gasteiger partial charge in [-0.15, -0.1) is 0 Å². The largest absolute Gasteiger partial charge is 0.304 e. The van der Waals surface area contributed by atoms with Crippen LogP contribution in [-0.2, 0) is 0 Å². The molecule has 0 atom stereocenters. The summed E-state index contributed by atoms with van der Waals surface area (Å²) < 4.78 is 0. The smallest absolute Gasteiger partial charge is 0.0602 e. The standard InChI is InChI=1S/C18H22N2.C2H6/c1-19-12-14-20(15-13-19)18(16-8-4-2-5-9-16)17-10-6-3-7-11-17;1-2/h2-11,18H,12-15H2,1H3;1-2H3. The fraction of sp³-hybridized carbons (Fsp3) is 0.400. The van der Waals surface area contributed by atoms with E-state index in [4.69, 9.17) is 0 Å². The van der Waals surface area contributed by atoms with E-state index >= 15 is 0 Å². The zero-order valence-corrected chi connectivity index (χ0v) is 14.1. The first kappa shape index (κ1) is 16.7. The summed E-state index contributed by atoms with van der Waals surface area (Å²) in [5.41, 5.74) is 2.78. The second kappa shape index (κ2) is 8.72. The molecule has 0 N–H and O–H groups in total. The second-order valence-corrected chi connectivity index (χ2v) is 5.56. The van der Waals surface area contributed by atoms with E-state index in [1.807, 2.05) is 13.8 Å². The van der Waals surface area contributed by atoms with Crippen LogP contribution in [-0.4, -0.2) is 43.0 Å². The summed E-state index contributed by atoms with van der Waals surface area (Å²) in [4.78, 5) is 5.01. The Labute approximate surface area is 135 Å². The molecule has 2 nitrogen and oxygen atoms in total. The number of benzene rings is 2. The van der Waals surface area contributed by atoms with Crippen molar-refractivity contribution in [1.29, 1.82) is 0 Å². The van der Waals surface area contributed by atoms with Gasteiger partial charge in [0.15, 0.2) is 0 Å². The van der Waals surface area contributed by atoms with E-state index in [0.717, 1.165) is 26.2 Å². The van der Waals surface area contributed by atoms with Crippen molar-refractivity contribution >= 4 is 0 Å². The third-order valence-electron chi connectivity index (χ3n) is 4.13. The summed E-state index contributed by atoms with van der Waals surface area (Å²) in [6.45, 7) is 8.56. The van der Waals surface area contributed by atoms with Crippen molar-refractivity contribution in [2.45, 2.75) is 19.9 Å². The van der Waals surface area contributed by atoms with Crippen LogP contribution in [0.5, 0.6) is 0 Å². The highest BCUT2D eigenvalue weighted by Crippen LogP contribution is 2.29.